The minimum atomic E-state index is 0.295. The summed E-state index contributed by atoms with van der Waals surface area (Å²) < 4.78 is 0. The van der Waals surface area contributed by atoms with Crippen molar-refractivity contribution in [1.82, 2.24) is 0 Å². The van der Waals surface area contributed by atoms with Gasteiger partial charge >= 0.3 is 0 Å². The van der Waals surface area contributed by atoms with Crippen molar-refractivity contribution in [2.24, 2.45) is 11.1 Å². The molecule has 1 aliphatic rings. The van der Waals surface area contributed by atoms with Crippen LogP contribution in [-0.2, 0) is 11.4 Å². The Bertz CT molecular complexity index is 389. The second kappa shape index (κ2) is 7.95. The molecule has 1 unspecified atom stereocenters. The number of nitrogens with zero attached hydrogens (tertiary/aromatic N) is 1. The molecule has 0 saturated heterocycles. The zero-order chi connectivity index (χ0) is 13.3. The Morgan fingerprint density at radius 3 is 2.84 bits per heavy atom. The molecule has 1 atom stereocenters. The van der Waals surface area contributed by atoms with Crippen LogP contribution in [0.1, 0.15) is 44.1 Å². The molecule has 0 bridgehead atoms. The summed E-state index contributed by atoms with van der Waals surface area (Å²) in [6.45, 7) is 0.845. The van der Waals surface area contributed by atoms with Gasteiger partial charge in [0.05, 0.1) is 5.71 Å². The highest BCUT2D eigenvalue weighted by molar-refractivity contribution is 5.88. The van der Waals surface area contributed by atoms with Gasteiger partial charge in [-0.25, -0.2) is 0 Å². The third kappa shape index (κ3) is 4.67. The second-order valence-corrected chi connectivity index (χ2v) is 5.15. The van der Waals surface area contributed by atoms with Gasteiger partial charge in [0.1, 0.15) is 6.61 Å². The fraction of sp³-hybridized carbons (Fsp3) is 0.562. The Balaban J connectivity index is 1.77. The molecule has 104 valence electrons. The van der Waals surface area contributed by atoms with Gasteiger partial charge in [0, 0.05) is 12.5 Å². The van der Waals surface area contributed by atoms with Gasteiger partial charge in [-0.05, 0) is 37.7 Å². The predicted octanol–water partition coefficient (Wildman–Crippen LogP) is 3.52. The quantitative estimate of drug-likeness (QED) is 0.602. The Morgan fingerprint density at radius 2 is 2.05 bits per heavy atom. The van der Waals surface area contributed by atoms with Crippen LogP contribution in [0.4, 0.5) is 0 Å². The maximum atomic E-state index is 8.82. The van der Waals surface area contributed by atoms with Crippen molar-refractivity contribution in [2.45, 2.75) is 45.1 Å². The third-order valence-electron chi connectivity index (χ3n) is 3.67. The molecule has 1 fully saturated rings. The van der Waals surface area contributed by atoms with Gasteiger partial charge in [-0.3, -0.25) is 0 Å². The number of hydrogen-bond acceptors (Lipinski definition) is 3. The fourth-order valence-electron chi connectivity index (χ4n) is 2.60. The molecule has 1 aliphatic carbocycles. The highest BCUT2D eigenvalue weighted by atomic mass is 16.6. The van der Waals surface area contributed by atoms with Crippen molar-refractivity contribution < 1.29 is 9.94 Å². The first-order valence-electron chi connectivity index (χ1n) is 7.23. The van der Waals surface area contributed by atoms with Crippen LogP contribution in [0.2, 0.25) is 0 Å². The normalized spacial score (nSPS) is 20.9. The smallest absolute Gasteiger partial charge is 0.142 e. The van der Waals surface area contributed by atoms with Crippen LogP contribution in [0.25, 0.3) is 0 Å². The molecule has 0 aliphatic heterocycles. The highest BCUT2D eigenvalue weighted by Crippen LogP contribution is 2.27. The number of aliphatic hydroxyl groups is 1. The van der Waals surface area contributed by atoms with Crippen LogP contribution in [0.15, 0.2) is 35.5 Å². The van der Waals surface area contributed by atoms with Crippen molar-refractivity contribution in [2.75, 3.05) is 6.61 Å². The van der Waals surface area contributed by atoms with Gasteiger partial charge in [-0.1, -0.05) is 41.9 Å². The van der Waals surface area contributed by atoms with Gasteiger partial charge in [0.15, 0.2) is 0 Å². The summed E-state index contributed by atoms with van der Waals surface area (Å²) in [6, 6.07) is 10.1. The average molecular weight is 261 g/mol. The zero-order valence-electron chi connectivity index (χ0n) is 11.4. The Labute approximate surface area is 115 Å². The molecular formula is C16H23NO2. The minimum absolute atomic E-state index is 0.295. The van der Waals surface area contributed by atoms with E-state index in [2.05, 4.69) is 5.16 Å². The topological polar surface area (TPSA) is 41.8 Å². The number of rotatable bonds is 7. The van der Waals surface area contributed by atoms with E-state index < -0.39 is 0 Å². The average Bonchev–Trinajstić information content (AvgIpc) is 2.88. The Hall–Kier alpha value is -1.35. The third-order valence-corrected chi connectivity index (χ3v) is 3.67. The first-order chi connectivity index (χ1) is 9.40. The minimum Gasteiger partial charge on any atom is -0.396 e. The standard InChI is InChI=1S/C16H23NO2/c18-12-5-4-9-15-10-6-11-16(15)17-19-13-14-7-2-1-3-8-14/h1-3,7-8,15,18H,4-6,9-13H2/b17-16+. The highest BCUT2D eigenvalue weighted by Gasteiger charge is 2.22. The van der Waals surface area contributed by atoms with E-state index in [1.54, 1.807) is 0 Å². The van der Waals surface area contributed by atoms with Gasteiger partial charge in [-0.2, -0.15) is 0 Å². The number of oxime groups is 1. The number of aliphatic hydroxyl groups excluding tert-OH is 1. The summed E-state index contributed by atoms with van der Waals surface area (Å²) >= 11 is 0. The maximum Gasteiger partial charge on any atom is 0.142 e. The van der Waals surface area contributed by atoms with Gasteiger partial charge in [-0.15, -0.1) is 0 Å². The van der Waals surface area contributed by atoms with E-state index in [0.29, 0.717) is 19.1 Å². The summed E-state index contributed by atoms with van der Waals surface area (Å²) in [5, 5.41) is 13.2. The molecule has 0 spiro atoms. The van der Waals surface area contributed by atoms with Crippen LogP contribution in [0, 0.1) is 5.92 Å². The van der Waals surface area contributed by atoms with Crippen molar-refractivity contribution in [3.8, 4) is 0 Å². The number of hydrogen-bond donors (Lipinski definition) is 1. The van der Waals surface area contributed by atoms with Crippen LogP contribution < -0.4 is 0 Å². The summed E-state index contributed by atoms with van der Waals surface area (Å²) in [4.78, 5) is 5.48. The molecule has 0 amide bonds. The molecule has 1 N–H and O–H groups in total. The largest absolute Gasteiger partial charge is 0.396 e. The predicted molar refractivity (Wildman–Crippen MR) is 76.9 cm³/mol. The van der Waals surface area contributed by atoms with Crippen molar-refractivity contribution in [3.05, 3.63) is 35.9 Å². The molecule has 2 rings (SSSR count). The maximum absolute atomic E-state index is 8.82. The van der Waals surface area contributed by atoms with E-state index in [9.17, 15) is 0 Å². The molecule has 3 nitrogen and oxygen atoms in total. The van der Waals surface area contributed by atoms with Crippen molar-refractivity contribution >= 4 is 5.71 Å². The fourth-order valence-corrected chi connectivity index (χ4v) is 2.60. The van der Waals surface area contributed by atoms with E-state index in [4.69, 9.17) is 9.94 Å². The van der Waals surface area contributed by atoms with Crippen LogP contribution in [0.3, 0.4) is 0 Å². The van der Waals surface area contributed by atoms with E-state index in [1.807, 2.05) is 30.3 Å². The molecule has 3 heteroatoms. The molecule has 1 aromatic rings. The summed E-state index contributed by atoms with van der Waals surface area (Å²) in [5.41, 5.74) is 2.37. The molecular weight excluding hydrogens is 238 g/mol. The lowest BCUT2D eigenvalue weighted by molar-refractivity contribution is 0.128. The zero-order valence-corrected chi connectivity index (χ0v) is 11.4. The summed E-state index contributed by atoms with van der Waals surface area (Å²) in [5.74, 6) is 0.572. The number of benzene rings is 1. The van der Waals surface area contributed by atoms with Crippen LogP contribution >= 0.6 is 0 Å². The Morgan fingerprint density at radius 1 is 1.21 bits per heavy atom. The first kappa shape index (κ1) is 14.1. The van der Waals surface area contributed by atoms with E-state index in [1.165, 1.54) is 18.6 Å². The second-order valence-electron chi connectivity index (χ2n) is 5.15. The van der Waals surface area contributed by atoms with Gasteiger partial charge in [0.2, 0.25) is 0 Å². The van der Waals surface area contributed by atoms with Crippen molar-refractivity contribution in [3.63, 3.8) is 0 Å². The van der Waals surface area contributed by atoms with Crippen molar-refractivity contribution in [1.29, 1.82) is 0 Å². The molecule has 19 heavy (non-hydrogen) atoms. The lowest BCUT2D eigenvalue weighted by atomic mass is 9.99. The number of unbranched alkanes of at least 4 members (excludes halogenated alkanes) is 1. The van der Waals surface area contributed by atoms with Crippen LogP contribution in [-0.4, -0.2) is 17.4 Å². The summed E-state index contributed by atoms with van der Waals surface area (Å²) in [7, 11) is 0. The lowest BCUT2D eigenvalue weighted by Gasteiger charge is -2.10. The lowest BCUT2D eigenvalue weighted by Crippen LogP contribution is -2.08. The van der Waals surface area contributed by atoms with E-state index in [-0.39, 0.29) is 0 Å². The monoisotopic (exact) mass is 261 g/mol. The SMILES string of the molecule is OCCCCC1CCC/C1=N\OCc1ccccc1. The molecule has 0 aromatic heterocycles. The first-order valence-corrected chi connectivity index (χ1v) is 7.23. The van der Waals surface area contributed by atoms with Crippen LogP contribution in [0.5, 0.6) is 0 Å². The van der Waals surface area contributed by atoms with Gasteiger partial charge < -0.3 is 9.94 Å². The molecule has 0 radical (unpaired) electrons. The molecule has 1 saturated carbocycles. The summed E-state index contributed by atoms with van der Waals surface area (Å²) in [6.07, 6.45) is 6.62. The van der Waals surface area contributed by atoms with E-state index >= 15 is 0 Å². The van der Waals surface area contributed by atoms with E-state index in [0.717, 1.165) is 31.2 Å². The molecule has 0 heterocycles. The van der Waals surface area contributed by atoms with Gasteiger partial charge in [0.25, 0.3) is 0 Å². The Kier molecular flexibility index (Phi) is 5.89. The molecule has 1 aromatic carbocycles.